The first-order valence-corrected chi connectivity index (χ1v) is 8.36. The van der Waals surface area contributed by atoms with E-state index < -0.39 is 5.82 Å². The van der Waals surface area contributed by atoms with Crippen molar-refractivity contribution in [1.82, 2.24) is 14.5 Å². The molecular formula is C18H22FN3O2. The van der Waals surface area contributed by atoms with E-state index in [2.05, 4.69) is 11.9 Å². The first kappa shape index (κ1) is 16.6. The van der Waals surface area contributed by atoms with Crippen LogP contribution in [0.15, 0.2) is 29.3 Å². The van der Waals surface area contributed by atoms with Gasteiger partial charge in [0.1, 0.15) is 12.4 Å². The lowest BCUT2D eigenvalue weighted by Crippen LogP contribution is -2.42. The van der Waals surface area contributed by atoms with Crippen LogP contribution < -0.4 is 5.56 Å². The molecule has 1 aromatic heterocycles. The minimum absolute atomic E-state index is 0.0400. The van der Waals surface area contributed by atoms with Crippen molar-refractivity contribution in [2.24, 2.45) is 5.92 Å². The number of rotatable bonds is 3. The third kappa shape index (κ3) is 3.32. The molecule has 24 heavy (non-hydrogen) atoms. The molecule has 1 aliphatic carbocycles. The molecule has 0 radical (unpaired) electrons. The van der Waals surface area contributed by atoms with Gasteiger partial charge in [0.25, 0.3) is 5.56 Å². The summed E-state index contributed by atoms with van der Waals surface area (Å²) in [6, 6.07) is 4.10. The van der Waals surface area contributed by atoms with Crippen molar-refractivity contribution in [3.05, 3.63) is 40.7 Å². The fraction of sp³-hybridized carbons (Fsp3) is 0.500. The average molecular weight is 331 g/mol. The Balaban J connectivity index is 1.77. The van der Waals surface area contributed by atoms with E-state index in [-0.39, 0.29) is 24.1 Å². The van der Waals surface area contributed by atoms with Gasteiger partial charge >= 0.3 is 0 Å². The normalized spacial score (nSPS) is 21.0. The fourth-order valence-electron chi connectivity index (χ4n) is 3.33. The van der Waals surface area contributed by atoms with Crippen molar-refractivity contribution in [3.8, 4) is 0 Å². The zero-order chi connectivity index (χ0) is 17.3. The molecule has 1 aliphatic rings. The van der Waals surface area contributed by atoms with Crippen molar-refractivity contribution < 1.29 is 9.18 Å². The van der Waals surface area contributed by atoms with Crippen molar-refractivity contribution in [2.75, 3.05) is 7.05 Å². The number of benzene rings is 1. The van der Waals surface area contributed by atoms with Gasteiger partial charge < -0.3 is 4.90 Å². The van der Waals surface area contributed by atoms with E-state index in [1.807, 2.05) is 0 Å². The predicted molar refractivity (Wildman–Crippen MR) is 90.2 cm³/mol. The molecule has 128 valence electrons. The Bertz CT molecular complexity index is 810. The van der Waals surface area contributed by atoms with Crippen LogP contribution in [0.25, 0.3) is 10.9 Å². The van der Waals surface area contributed by atoms with Crippen molar-refractivity contribution in [2.45, 2.75) is 45.2 Å². The highest BCUT2D eigenvalue weighted by Crippen LogP contribution is 2.26. The molecule has 0 saturated heterocycles. The van der Waals surface area contributed by atoms with Crippen LogP contribution in [0.3, 0.4) is 0 Å². The summed E-state index contributed by atoms with van der Waals surface area (Å²) < 4.78 is 14.5. The molecule has 1 aromatic carbocycles. The molecule has 0 atom stereocenters. The summed E-state index contributed by atoms with van der Waals surface area (Å²) in [5.74, 6) is 0.187. The van der Waals surface area contributed by atoms with E-state index in [1.54, 1.807) is 11.9 Å². The van der Waals surface area contributed by atoms with Crippen LogP contribution in [0.5, 0.6) is 0 Å². The molecule has 5 nitrogen and oxygen atoms in total. The van der Waals surface area contributed by atoms with Gasteiger partial charge in [-0.3, -0.25) is 14.2 Å². The third-order valence-corrected chi connectivity index (χ3v) is 5.02. The Morgan fingerprint density at radius 2 is 2.04 bits per heavy atom. The number of fused-ring (bicyclic) bond motifs is 1. The van der Waals surface area contributed by atoms with E-state index >= 15 is 0 Å². The minimum atomic E-state index is -0.436. The number of likely N-dealkylation sites (N-methyl/N-ethyl adjacent to an activating group) is 1. The Morgan fingerprint density at radius 1 is 1.33 bits per heavy atom. The molecule has 0 aliphatic heterocycles. The topological polar surface area (TPSA) is 55.2 Å². The lowest BCUT2D eigenvalue weighted by Gasteiger charge is -2.33. The second kappa shape index (κ2) is 6.71. The number of hydrogen-bond donors (Lipinski definition) is 0. The van der Waals surface area contributed by atoms with Crippen LogP contribution in [-0.4, -0.2) is 33.4 Å². The Hall–Kier alpha value is -2.24. The van der Waals surface area contributed by atoms with Gasteiger partial charge in [-0.1, -0.05) is 6.92 Å². The molecular weight excluding hydrogens is 309 g/mol. The van der Waals surface area contributed by atoms with Gasteiger partial charge in [0.05, 0.1) is 17.2 Å². The number of halogens is 1. The van der Waals surface area contributed by atoms with E-state index in [0.717, 1.165) is 31.6 Å². The highest BCUT2D eigenvalue weighted by Gasteiger charge is 2.25. The fourth-order valence-corrected chi connectivity index (χ4v) is 3.33. The van der Waals surface area contributed by atoms with Crippen LogP contribution in [0.2, 0.25) is 0 Å². The molecule has 3 rings (SSSR count). The molecule has 0 N–H and O–H groups in total. The van der Waals surface area contributed by atoms with Gasteiger partial charge in [-0.05, 0) is 43.7 Å². The molecule has 1 heterocycles. The zero-order valence-corrected chi connectivity index (χ0v) is 14.0. The standard InChI is InChI=1S/C18H22FN3O2/c1-12-3-6-14(7-4-12)21(2)17(23)10-22-11-20-16-9-13(19)5-8-15(16)18(22)24/h5,8-9,11-12,14H,3-4,6-7,10H2,1-2H3. The van der Waals surface area contributed by atoms with Gasteiger partial charge in [-0.2, -0.15) is 0 Å². The number of amides is 1. The second-order valence-electron chi connectivity index (χ2n) is 6.76. The largest absolute Gasteiger partial charge is 0.341 e. The lowest BCUT2D eigenvalue weighted by atomic mass is 9.87. The highest BCUT2D eigenvalue weighted by atomic mass is 19.1. The van der Waals surface area contributed by atoms with Gasteiger partial charge in [0.2, 0.25) is 5.91 Å². The number of carbonyl (C=O) groups is 1. The number of aromatic nitrogens is 2. The quantitative estimate of drug-likeness (QED) is 0.868. The van der Waals surface area contributed by atoms with E-state index in [4.69, 9.17) is 0 Å². The maximum Gasteiger partial charge on any atom is 0.261 e. The average Bonchev–Trinajstić information content (AvgIpc) is 2.57. The lowest BCUT2D eigenvalue weighted by molar-refractivity contribution is -0.133. The van der Waals surface area contributed by atoms with E-state index in [1.165, 1.54) is 29.1 Å². The summed E-state index contributed by atoms with van der Waals surface area (Å²) >= 11 is 0. The van der Waals surface area contributed by atoms with Crippen molar-refractivity contribution >= 4 is 16.8 Å². The van der Waals surface area contributed by atoms with Gasteiger partial charge in [0.15, 0.2) is 0 Å². The number of nitrogens with zero attached hydrogens (tertiary/aromatic N) is 3. The third-order valence-electron chi connectivity index (χ3n) is 5.02. The predicted octanol–water partition coefficient (Wildman–Crippen LogP) is 2.57. The molecule has 1 saturated carbocycles. The maximum absolute atomic E-state index is 13.2. The zero-order valence-electron chi connectivity index (χ0n) is 14.0. The molecule has 0 spiro atoms. The van der Waals surface area contributed by atoms with Crippen molar-refractivity contribution in [3.63, 3.8) is 0 Å². The first-order valence-electron chi connectivity index (χ1n) is 8.36. The monoisotopic (exact) mass is 331 g/mol. The molecule has 1 amide bonds. The summed E-state index contributed by atoms with van der Waals surface area (Å²) in [7, 11) is 1.80. The molecule has 0 bridgehead atoms. The van der Waals surface area contributed by atoms with Crippen LogP contribution >= 0.6 is 0 Å². The van der Waals surface area contributed by atoms with Crippen LogP contribution in [-0.2, 0) is 11.3 Å². The Kier molecular flexibility index (Phi) is 4.64. The molecule has 6 heteroatoms. The Morgan fingerprint density at radius 3 is 2.75 bits per heavy atom. The second-order valence-corrected chi connectivity index (χ2v) is 6.76. The first-order chi connectivity index (χ1) is 11.5. The summed E-state index contributed by atoms with van der Waals surface area (Å²) in [5, 5.41) is 0.320. The van der Waals surface area contributed by atoms with Crippen LogP contribution in [0.1, 0.15) is 32.6 Å². The molecule has 2 aromatic rings. The SMILES string of the molecule is CC1CCC(N(C)C(=O)Cn2cnc3cc(F)ccc3c2=O)CC1. The smallest absolute Gasteiger partial charge is 0.261 e. The van der Waals surface area contributed by atoms with E-state index in [0.29, 0.717) is 10.9 Å². The minimum Gasteiger partial charge on any atom is -0.341 e. The van der Waals surface area contributed by atoms with Crippen LogP contribution in [0, 0.1) is 11.7 Å². The molecule has 1 fully saturated rings. The highest BCUT2D eigenvalue weighted by molar-refractivity contribution is 5.79. The van der Waals surface area contributed by atoms with Gasteiger partial charge in [0, 0.05) is 19.2 Å². The van der Waals surface area contributed by atoms with E-state index in [9.17, 15) is 14.0 Å². The number of carbonyl (C=O) groups excluding carboxylic acids is 1. The summed E-state index contributed by atoms with van der Waals surface area (Å²) in [6.45, 7) is 2.20. The van der Waals surface area contributed by atoms with Crippen molar-refractivity contribution in [1.29, 1.82) is 0 Å². The maximum atomic E-state index is 13.2. The Labute approximate surface area is 140 Å². The van der Waals surface area contributed by atoms with Gasteiger partial charge in [-0.15, -0.1) is 0 Å². The summed E-state index contributed by atoms with van der Waals surface area (Å²) in [5.41, 5.74) is -0.0164. The van der Waals surface area contributed by atoms with Gasteiger partial charge in [-0.25, -0.2) is 9.37 Å². The van der Waals surface area contributed by atoms with Crippen LogP contribution in [0.4, 0.5) is 4.39 Å². The summed E-state index contributed by atoms with van der Waals surface area (Å²) in [4.78, 5) is 30.8. The summed E-state index contributed by atoms with van der Waals surface area (Å²) in [6.07, 6.45) is 5.59. The molecule has 0 unspecified atom stereocenters. The number of hydrogen-bond acceptors (Lipinski definition) is 3.